The normalized spacial score (nSPS) is 17.4. The second kappa shape index (κ2) is 3.88. The average Bonchev–Trinajstić information content (AvgIpc) is 3.00. The Morgan fingerprint density at radius 2 is 1.80 bits per heavy atom. The van der Waals surface area contributed by atoms with Crippen LogP contribution in [0.3, 0.4) is 0 Å². The molecule has 0 bridgehead atoms. The van der Waals surface area contributed by atoms with E-state index in [0.29, 0.717) is 24.0 Å². The van der Waals surface area contributed by atoms with Gasteiger partial charge in [0.2, 0.25) is 0 Å². The van der Waals surface area contributed by atoms with Crippen LogP contribution in [0.4, 0.5) is 0 Å². The van der Waals surface area contributed by atoms with Gasteiger partial charge in [0.15, 0.2) is 0 Å². The minimum atomic E-state index is -0.848. The molecule has 102 valence electrons. The number of halogens is 1. The molecule has 5 heteroatoms. The molecule has 0 saturated heterocycles. The highest BCUT2D eigenvalue weighted by Crippen LogP contribution is 2.51. The largest absolute Gasteiger partial charge is 0.481 e. The van der Waals surface area contributed by atoms with Crippen molar-refractivity contribution >= 4 is 43.8 Å². The van der Waals surface area contributed by atoms with Crippen LogP contribution in [0.2, 0.25) is 0 Å². The van der Waals surface area contributed by atoms with Crippen LogP contribution in [0.25, 0.3) is 21.9 Å². The maximum absolute atomic E-state index is 11.8. The van der Waals surface area contributed by atoms with Crippen LogP contribution in [0.15, 0.2) is 38.0 Å². The highest BCUT2D eigenvalue weighted by molar-refractivity contribution is 9.10. The van der Waals surface area contributed by atoms with E-state index in [1.807, 2.05) is 12.1 Å². The maximum Gasteiger partial charge on any atom is 0.314 e. The molecule has 3 aromatic rings. The van der Waals surface area contributed by atoms with Crippen molar-refractivity contribution in [2.75, 3.05) is 0 Å². The third-order valence-electron chi connectivity index (χ3n) is 4.36. The van der Waals surface area contributed by atoms with Gasteiger partial charge in [0.25, 0.3) is 0 Å². The van der Waals surface area contributed by atoms with Crippen LogP contribution in [0.1, 0.15) is 24.8 Å². The Balaban J connectivity index is 2.20. The van der Waals surface area contributed by atoms with E-state index in [4.69, 9.17) is 8.83 Å². The molecule has 2 heterocycles. The fourth-order valence-electron chi connectivity index (χ4n) is 3.17. The molecule has 20 heavy (non-hydrogen) atoms. The molecular weight excluding hydrogens is 324 g/mol. The molecule has 1 aliphatic carbocycles. The number of benzene rings is 1. The third kappa shape index (κ3) is 1.28. The fourth-order valence-corrected chi connectivity index (χ4v) is 3.79. The number of hydrogen-bond acceptors (Lipinski definition) is 3. The molecule has 0 amide bonds. The monoisotopic (exact) mass is 334 g/mol. The lowest BCUT2D eigenvalue weighted by atomic mass is 9.63. The lowest BCUT2D eigenvalue weighted by molar-refractivity contribution is -0.147. The Hall–Kier alpha value is -1.75. The highest BCUT2D eigenvalue weighted by atomic mass is 79.9. The van der Waals surface area contributed by atoms with Crippen molar-refractivity contribution in [3.8, 4) is 0 Å². The van der Waals surface area contributed by atoms with Crippen LogP contribution >= 0.6 is 15.9 Å². The number of carboxylic acids is 1. The lowest BCUT2D eigenvalue weighted by Gasteiger charge is -2.38. The zero-order valence-electron chi connectivity index (χ0n) is 10.5. The van der Waals surface area contributed by atoms with E-state index in [0.717, 1.165) is 27.2 Å². The van der Waals surface area contributed by atoms with Gasteiger partial charge in [-0.25, -0.2) is 0 Å². The minimum Gasteiger partial charge on any atom is -0.481 e. The van der Waals surface area contributed by atoms with E-state index >= 15 is 0 Å². The molecule has 1 aromatic carbocycles. The third-order valence-corrected chi connectivity index (χ3v) is 5.15. The molecule has 0 radical (unpaired) electrons. The maximum atomic E-state index is 11.8. The summed E-state index contributed by atoms with van der Waals surface area (Å²) in [5.41, 5.74) is 1.23. The van der Waals surface area contributed by atoms with Crippen LogP contribution in [-0.2, 0) is 10.2 Å². The Morgan fingerprint density at radius 3 is 2.40 bits per heavy atom. The van der Waals surface area contributed by atoms with E-state index in [9.17, 15) is 9.90 Å². The topological polar surface area (TPSA) is 63.6 Å². The molecule has 1 aliphatic rings. The molecule has 1 fully saturated rings. The van der Waals surface area contributed by atoms with E-state index in [1.165, 1.54) is 0 Å². The standard InChI is InChI=1S/C15H11BrO4/c16-11-9-3-7-19-12(9)10(8-2-6-20-13(8)11)15(14(17)18)4-1-5-15/h2-3,6-7H,1,4-5H2,(H,17,18). The molecule has 1 saturated carbocycles. The van der Waals surface area contributed by atoms with Crippen molar-refractivity contribution in [1.82, 2.24) is 0 Å². The van der Waals surface area contributed by atoms with Crippen molar-refractivity contribution in [3.63, 3.8) is 0 Å². The minimum absolute atomic E-state index is 0.639. The lowest BCUT2D eigenvalue weighted by Crippen LogP contribution is -2.42. The van der Waals surface area contributed by atoms with Gasteiger partial charge in [0.1, 0.15) is 11.2 Å². The average molecular weight is 335 g/mol. The smallest absolute Gasteiger partial charge is 0.314 e. The molecule has 0 aliphatic heterocycles. The van der Waals surface area contributed by atoms with E-state index < -0.39 is 11.4 Å². The first-order valence-electron chi connectivity index (χ1n) is 6.45. The van der Waals surface area contributed by atoms with Gasteiger partial charge in [-0.2, -0.15) is 0 Å². The predicted molar refractivity (Wildman–Crippen MR) is 76.9 cm³/mol. The highest BCUT2D eigenvalue weighted by Gasteiger charge is 2.49. The Bertz CT molecular complexity index is 786. The summed E-state index contributed by atoms with van der Waals surface area (Å²) >= 11 is 3.52. The van der Waals surface area contributed by atoms with Gasteiger partial charge in [-0.15, -0.1) is 0 Å². The first-order chi connectivity index (χ1) is 9.65. The van der Waals surface area contributed by atoms with E-state index in [1.54, 1.807) is 12.5 Å². The Morgan fingerprint density at radius 1 is 1.15 bits per heavy atom. The number of furan rings is 2. The van der Waals surface area contributed by atoms with Gasteiger partial charge < -0.3 is 13.9 Å². The van der Waals surface area contributed by atoms with Gasteiger partial charge in [-0.3, -0.25) is 4.79 Å². The van der Waals surface area contributed by atoms with Crippen LogP contribution in [0.5, 0.6) is 0 Å². The summed E-state index contributed by atoms with van der Waals surface area (Å²) in [5, 5.41) is 11.4. The van der Waals surface area contributed by atoms with Crippen LogP contribution < -0.4 is 0 Å². The number of aliphatic carboxylic acids is 1. The van der Waals surface area contributed by atoms with Gasteiger partial charge in [-0.1, -0.05) is 6.42 Å². The zero-order chi connectivity index (χ0) is 13.9. The Kier molecular flexibility index (Phi) is 2.33. The fraction of sp³-hybridized carbons (Fsp3) is 0.267. The second-order valence-corrected chi connectivity index (χ2v) is 6.05. The molecule has 2 aromatic heterocycles. The number of hydrogen-bond donors (Lipinski definition) is 1. The second-order valence-electron chi connectivity index (χ2n) is 5.26. The van der Waals surface area contributed by atoms with Crippen molar-refractivity contribution in [3.05, 3.63) is 34.7 Å². The van der Waals surface area contributed by atoms with Gasteiger partial charge >= 0.3 is 5.97 Å². The summed E-state index contributed by atoms with van der Waals surface area (Å²) in [6.07, 6.45) is 5.38. The molecule has 0 atom stereocenters. The van der Waals surface area contributed by atoms with Crippen LogP contribution in [0, 0.1) is 0 Å². The van der Waals surface area contributed by atoms with Crippen molar-refractivity contribution in [2.45, 2.75) is 24.7 Å². The summed E-state index contributed by atoms with van der Waals surface area (Å²) in [6.45, 7) is 0. The van der Waals surface area contributed by atoms with Crippen molar-refractivity contribution < 1.29 is 18.7 Å². The van der Waals surface area contributed by atoms with Gasteiger partial charge in [0.05, 0.1) is 22.4 Å². The van der Waals surface area contributed by atoms with Crippen LogP contribution in [-0.4, -0.2) is 11.1 Å². The summed E-state index contributed by atoms with van der Waals surface area (Å²) in [7, 11) is 0. The molecule has 4 rings (SSSR count). The van der Waals surface area contributed by atoms with Crippen molar-refractivity contribution in [1.29, 1.82) is 0 Å². The summed E-state index contributed by atoms with van der Waals surface area (Å²) in [4.78, 5) is 11.8. The molecule has 4 nitrogen and oxygen atoms in total. The number of fused-ring (bicyclic) bond motifs is 2. The molecule has 1 N–H and O–H groups in total. The summed E-state index contributed by atoms with van der Waals surface area (Å²) in [6, 6.07) is 3.65. The van der Waals surface area contributed by atoms with E-state index in [-0.39, 0.29) is 0 Å². The summed E-state index contributed by atoms with van der Waals surface area (Å²) in [5.74, 6) is -0.786. The number of rotatable bonds is 2. The number of carboxylic acid groups (broad SMARTS) is 1. The predicted octanol–water partition coefficient (Wildman–Crippen LogP) is 4.45. The Labute approximate surface area is 122 Å². The first-order valence-corrected chi connectivity index (χ1v) is 7.24. The quantitative estimate of drug-likeness (QED) is 0.752. The first kappa shape index (κ1) is 12.0. The zero-order valence-corrected chi connectivity index (χ0v) is 12.1. The number of carbonyl (C=O) groups is 1. The molecule has 0 unspecified atom stereocenters. The molecular formula is C15H11BrO4. The SMILES string of the molecule is O=C(O)C1(c2c3ccoc3c(Br)c3ccoc23)CCC1. The summed E-state index contributed by atoms with van der Waals surface area (Å²) < 4.78 is 11.9. The van der Waals surface area contributed by atoms with E-state index in [2.05, 4.69) is 15.9 Å². The van der Waals surface area contributed by atoms with Crippen molar-refractivity contribution in [2.24, 2.45) is 0 Å². The van der Waals surface area contributed by atoms with Gasteiger partial charge in [0, 0.05) is 16.3 Å². The molecule has 0 spiro atoms. The van der Waals surface area contributed by atoms with Gasteiger partial charge in [-0.05, 0) is 40.9 Å².